The molecule has 198 valence electrons. The number of ether oxygens (including phenoxy) is 1. The molecule has 0 saturated carbocycles. The van der Waals surface area contributed by atoms with Gasteiger partial charge in [0.1, 0.15) is 17.3 Å². The summed E-state index contributed by atoms with van der Waals surface area (Å²) in [5.41, 5.74) is 3.69. The van der Waals surface area contributed by atoms with E-state index in [-0.39, 0.29) is 5.82 Å². The predicted octanol–water partition coefficient (Wildman–Crippen LogP) is 4.07. The predicted molar refractivity (Wildman–Crippen MR) is 148 cm³/mol. The fraction of sp³-hybridized carbons (Fsp3) is 0.267. The van der Waals surface area contributed by atoms with Crippen LogP contribution in [0.5, 0.6) is 5.75 Å². The maximum atomic E-state index is 13.4. The van der Waals surface area contributed by atoms with E-state index in [1.54, 1.807) is 19.2 Å². The molecule has 1 aliphatic heterocycles. The number of amides is 1. The molecule has 9 heteroatoms. The first-order valence-electron chi connectivity index (χ1n) is 12.9. The Kier molecular flexibility index (Phi) is 7.83. The second-order valence-electron chi connectivity index (χ2n) is 9.32. The number of piperazine rings is 1. The molecule has 0 spiro atoms. The third-order valence-corrected chi connectivity index (χ3v) is 6.89. The normalized spacial score (nSPS) is 14.1. The van der Waals surface area contributed by atoms with Crippen LogP contribution in [0, 0.1) is 17.1 Å². The Morgan fingerprint density at radius 3 is 2.26 bits per heavy atom. The third kappa shape index (κ3) is 5.91. The monoisotopic (exact) mass is 524 g/mol. The van der Waals surface area contributed by atoms with Gasteiger partial charge in [-0.3, -0.25) is 4.79 Å². The van der Waals surface area contributed by atoms with Gasteiger partial charge in [-0.25, -0.2) is 14.4 Å². The summed E-state index contributed by atoms with van der Waals surface area (Å²) in [4.78, 5) is 27.1. The van der Waals surface area contributed by atoms with Gasteiger partial charge in [0.05, 0.1) is 24.2 Å². The maximum Gasteiger partial charge on any atom is 0.243 e. The van der Waals surface area contributed by atoms with Crippen molar-refractivity contribution >= 4 is 28.4 Å². The molecule has 2 heterocycles. The lowest BCUT2D eigenvalue weighted by Gasteiger charge is -2.37. The Hall–Kier alpha value is -4.71. The highest BCUT2D eigenvalue weighted by Gasteiger charge is 2.30. The van der Waals surface area contributed by atoms with Gasteiger partial charge in [0.2, 0.25) is 5.91 Å². The van der Waals surface area contributed by atoms with Gasteiger partial charge in [0.25, 0.3) is 0 Å². The highest BCUT2D eigenvalue weighted by atomic mass is 19.1. The minimum atomic E-state index is -1.11. The number of para-hydroxylation sites is 2. The molecular weight excluding hydrogens is 495 g/mol. The van der Waals surface area contributed by atoms with Crippen molar-refractivity contribution in [3.05, 3.63) is 89.9 Å². The van der Waals surface area contributed by atoms with Crippen LogP contribution in [0.15, 0.2) is 72.8 Å². The first kappa shape index (κ1) is 25.9. The molecule has 1 saturated heterocycles. The number of nitriles is 1. The van der Waals surface area contributed by atoms with Crippen molar-refractivity contribution in [1.29, 1.82) is 5.26 Å². The van der Waals surface area contributed by atoms with Crippen molar-refractivity contribution in [2.45, 2.75) is 12.3 Å². The number of carbonyl (C=O) groups excluding carboxylic acids is 1. The molecular formula is C30H29FN6O2. The third-order valence-electron chi connectivity index (χ3n) is 6.89. The Morgan fingerprint density at radius 1 is 0.974 bits per heavy atom. The average Bonchev–Trinajstić information content (AvgIpc) is 2.98. The lowest BCUT2D eigenvalue weighted by Crippen LogP contribution is -2.47. The van der Waals surface area contributed by atoms with Crippen LogP contribution in [0.1, 0.15) is 17.2 Å². The van der Waals surface area contributed by atoms with E-state index in [1.807, 2.05) is 48.5 Å². The molecule has 1 aliphatic rings. The molecule has 0 unspecified atom stereocenters. The Labute approximate surface area is 226 Å². The van der Waals surface area contributed by atoms with E-state index in [4.69, 9.17) is 14.7 Å². The summed E-state index contributed by atoms with van der Waals surface area (Å²) in [7, 11) is 1.62. The van der Waals surface area contributed by atoms with Crippen LogP contribution in [-0.4, -0.2) is 55.7 Å². The topological polar surface area (TPSA) is 94.4 Å². The highest BCUT2D eigenvalue weighted by molar-refractivity contribution is 5.89. The van der Waals surface area contributed by atoms with E-state index in [0.717, 1.165) is 17.0 Å². The number of methoxy groups -OCH3 is 1. The molecule has 8 nitrogen and oxygen atoms in total. The number of hydrogen-bond acceptors (Lipinski definition) is 7. The standard InChI is InChI=1S/C30H29FN6O2/c1-39-24-12-6-21(7-13-24)14-15-33-30(38)25(20-32)28-29(35-27-5-3-2-4-26(27)34-28)37-18-16-36(17-19-37)23-10-8-22(31)9-11-23/h2-13,25H,14-19H2,1H3,(H,33,38)/t25-/m1/s1. The number of fused-ring (bicyclic) bond motifs is 1. The number of nitrogens with zero attached hydrogens (tertiary/aromatic N) is 5. The quantitative estimate of drug-likeness (QED) is 0.371. The van der Waals surface area contributed by atoms with Crippen LogP contribution in [0.3, 0.4) is 0 Å². The summed E-state index contributed by atoms with van der Waals surface area (Å²) < 4.78 is 18.6. The van der Waals surface area contributed by atoms with Gasteiger partial charge in [0, 0.05) is 38.4 Å². The minimum Gasteiger partial charge on any atom is -0.497 e. The molecule has 1 fully saturated rings. The second-order valence-corrected chi connectivity index (χ2v) is 9.32. The van der Waals surface area contributed by atoms with Crippen molar-refractivity contribution in [1.82, 2.24) is 15.3 Å². The Balaban J connectivity index is 1.34. The smallest absolute Gasteiger partial charge is 0.243 e. The van der Waals surface area contributed by atoms with E-state index < -0.39 is 11.8 Å². The summed E-state index contributed by atoms with van der Waals surface area (Å²) in [5, 5.41) is 13.0. The van der Waals surface area contributed by atoms with Crippen molar-refractivity contribution in [3.63, 3.8) is 0 Å². The van der Waals surface area contributed by atoms with Gasteiger partial charge >= 0.3 is 0 Å². The number of aromatic nitrogens is 2. The summed E-state index contributed by atoms with van der Waals surface area (Å²) in [6.07, 6.45) is 0.621. The van der Waals surface area contributed by atoms with E-state index in [9.17, 15) is 14.4 Å². The number of carbonyl (C=O) groups is 1. The molecule has 0 aliphatic carbocycles. The van der Waals surface area contributed by atoms with Crippen LogP contribution >= 0.6 is 0 Å². The van der Waals surface area contributed by atoms with Crippen LogP contribution in [0.4, 0.5) is 15.9 Å². The fourth-order valence-electron chi connectivity index (χ4n) is 4.73. The number of benzene rings is 3. The van der Waals surface area contributed by atoms with Crippen molar-refractivity contribution in [3.8, 4) is 11.8 Å². The van der Waals surface area contributed by atoms with Gasteiger partial charge in [-0.05, 0) is 60.5 Å². The van der Waals surface area contributed by atoms with E-state index >= 15 is 0 Å². The molecule has 1 aromatic heterocycles. The highest BCUT2D eigenvalue weighted by Crippen LogP contribution is 2.29. The number of nitrogens with one attached hydrogen (secondary N) is 1. The summed E-state index contributed by atoms with van der Waals surface area (Å²) in [6, 6.07) is 23.7. The number of rotatable bonds is 8. The number of hydrogen-bond donors (Lipinski definition) is 1. The molecule has 1 N–H and O–H groups in total. The van der Waals surface area contributed by atoms with Crippen LogP contribution in [0.2, 0.25) is 0 Å². The zero-order chi connectivity index (χ0) is 27.2. The Morgan fingerprint density at radius 2 is 1.62 bits per heavy atom. The van der Waals surface area contributed by atoms with Gasteiger partial charge < -0.3 is 19.9 Å². The van der Waals surface area contributed by atoms with Crippen molar-refractivity contribution < 1.29 is 13.9 Å². The van der Waals surface area contributed by atoms with Crippen molar-refractivity contribution in [2.75, 3.05) is 49.6 Å². The second kappa shape index (κ2) is 11.8. The molecule has 0 bridgehead atoms. The van der Waals surface area contributed by atoms with Crippen LogP contribution in [0.25, 0.3) is 11.0 Å². The first-order chi connectivity index (χ1) is 19.1. The zero-order valence-electron chi connectivity index (χ0n) is 21.7. The van der Waals surface area contributed by atoms with E-state index in [1.165, 1.54) is 12.1 Å². The van der Waals surface area contributed by atoms with Crippen LogP contribution in [-0.2, 0) is 11.2 Å². The van der Waals surface area contributed by atoms with Gasteiger partial charge in [-0.2, -0.15) is 5.26 Å². The lowest BCUT2D eigenvalue weighted by molar-refractivity contribution is -0.121. The molecule has 0 radical (unpaired) electrons. The maximum absolute atomic E-state index is 13.4. The Bertz CT molecular complexity index is 1480. The molecule has 1 atom stereocenters. The van der Waals surface area contributed by atoms with Gasteiger partial charge in [0.15, 0.2) is 11.7 Å². The van der Waals surface area contributed by atoms with E-state index in [0.29, 0.717) is 61.7 Å². The fourth-order valence-corrected chi connectivity index (χ4v) is 4.73. The SMILES string of the molecule is COc1ccc(CCNC(=O)[C@H](C#N)c2nc3ccccc3nc2N2CCN(c3ccc(F)cc3)CC2)cc1. The number of halogens is 1. The molecule has 5 rings (SSSR count). The zero-order valence-corrected chi connectivity index (χ0v) is 21.7. The summed E-state index contributed by atoms with van der Waals surface area (Å²) in [6.45, 7) is 3.00. The molecule has 39 heavy (non-hydrogen) atoms. The van der Waals surface area contributed by atoms with Gasteiger partial charge in [-0.1, -0.05) is 24.3 Å². The summed E-state index contributed by atoms with van der Waals surface area (Å²) in [5.74, 6) is -0.458. The molecule has 3 aromatic carbocycles. The minimum absolute atomic E-state index is 0.265. The summed E-state index contributed by atoms with van der Waals surface area (Å²) >= 11 is 0. The van der Waals surface area contributed by atoms with Crippen molar-refractivity contribution in [2.24, 2.45) is 0 Å². The average molecular weight is 525 g/mol. The molecule has 4 aromatic rings. The first-order valence-corrected chi connectivity index (χ1v) is 12.9. The van der Waals surface area contributed by atoms with Crippen LogP contribution < -0.4 is 19.9 Å². The number of anilines is 2. The largest absolute Gasteiger partial charge is 0.497 e. The van der Waals surface area contributed by atoms with E-state index in [2.05, 4.69) is 21.2 Å². The molecule has 1 amide bonds. The van der Waals surface area contributed by atoms with Gasteiger partial charge in [-0.15, -0.1) is 0 Å². The lowest BCUT2D eigenvalue weighted by atomic mass is 10.0.